The summed E-state index contributed by atoms with van der Waals surface area (Å²) < 4.78 is 40.7. The maximum absolute atomic E-state index is 12.8. The zero-order valence-corrected chi connectivity index (χ0v) is 16.5. The summed E-state index contributed by atoms with van der Waals surface area (Å²) in [4.78, 5) is 12.2. The van der Waals surface area contributed by atoms with Crippen LogP contribution in [0.4, 0.5) is 14.5 Å². The number of nitrogens with one attached hydrogen (secondary N) is 1. The fourth-order valence-electron chi connectivity index (χ4n) is 2.77. The number of nitriles is 1. The molecule has 3 rings (SSSR count). The molecule has 0 aliphatic carbocycles. The van der Waals surface area contributed by atoms with Crippen LogP contribution in [0.3, 0.4) is 0 Å². The summed E-state index contributed by atoms with van der Waals surface area (Å²) in [6.07, 6.45) is 0. The molecular formula is C23H18F2N2O4. The largest absolute Gasteiger partial charge is 0.497 e. The van der Waals surface area contributed by atoms with Crippen molar-refractivity contribution in [3.05, 3.63) is 72.3 Å². The lowest BCUT2D eigenvalue weighted by atomic mass is 10.0. The van der Waals surface area contributed by atoms with Crippen LogP contribution in [-0.4, -0.2) is 26.2 Å². The lowest BCUT2D eigenvalue weighted by molar-refractivity contribution is -0.118. The molecular weight excluding hydrogens is 406 g/mol. The lowest BCUT2D eigenvalue weighted by Crippen LogP contribution is -2.20. The summed E-state index contributed by atoms with van der Waals surface area (Å²) in [5.41, 5.74) is 1.87. The van der Waals surface area contributed by atoms with Crippen molar-refractivity contribution in [1.82, 2.24) is 0 Å². The molecule has 3 aromatic rings. The first-order chi connectivity index (χ1) is 15.0. The summed E-state index contributed by atoms with van der Waals surface area (Å²) in [5.74, 6) is 0.595. The van der Waals surface area contributed by atoms with Crippen molar-refractivity contribution in [1.29, 1.82) is 5.26 Å². The number of nitrogens with zero attached hydrogens (tertiary/aromatic N) is 1. The van der Waals surface area contributed by atoms with Crippen LogP contribution in [-0.2, 0) is 4.79 Å². The normalized spacial score (nSPS) is 10.3. The molecule has 0 atom stereocenters. The molecule has 0 saturated heterocycles. The first-order valence-electron chi connectivity index (χ1n) is 9.14. The molecule has 0 fully saturated rings. The lowest BCUT2D eigenvalue weighted by Gasteiger charge is -2.14. The fourth-order valence-corrected chi connectivity index (χ4v) is 2.77. The van der Waals surface area contributed by atoms with Crippen LogP contribution in [0.5, 0.6) is 17.2 Å². The number of ether oxygens (including phenoxy) is 3. The predicted octanol–water partition coefficient (Wildman–Crippen LogP) is 4.85. The molecule has 0 unspecified atom stereocenters. The van der Waals surface area contributed by atoms with Crippen molar-refractivity contribution in [2.24, 2.45) is 0 Å². The van der Waals surface area contributed by atoms with Crippen LogP contribution in [0.15, 0.2) is 66.7 Å². The highest BCUT2D eigenvalue weighted by Crippen LogP contribution is 2.34. The minimum atomic E-state index is -2.99. The van der Waals surface area contributed by atoms with Gasteiger partial charge in [-0.3, -0.25) is 4.79 Å². The van der Waals surface area contributed by atoms with Crippen LogP contribution in [0.25, 0.3) is 11.1 Å². The summed E-state index contributed by atoms with van der Waals surface area (Å²) in [7, 11) is 1.52. The monoisotopic (exact) mass is 424 g/mol. The Labute approximate surface area is 177 Å². The maximum Gasteiger partial charge on any atom is 0.387 e. The van der Waals surface area contributed by atoms with Gasteiger partial charge in [-0.2, -0.15) is 14.0 Å². The van der Waals surface area contributed by atoms with Gasteiger partial charge in [0.1, 0.15) is 17.2 Å². The molecule has 0 aliphatic rings. The van der Waals surface area contributed by atoms with E-state index in [1.54, 1.807) is 54.6 Å². The number of halogens is 2. The third kappa shape index (κ3) is 5.93. The Bertz CT molecular complexity index is 1080. The van der Waals surface area contributed by atoms with Crippen LogP contribution in [0, 0.1) is 11.3 Å². The number of amides is 1. The number of anilines is 1. The molecule has 1 N–H and O–H groups in total. The van der Waals surface area contributed by atoms with Crippen molar-refractivity contribution >= 4 is 11.6 Å². The number of rotatable bonds is 8. The van der Waals surface area contributed by atoms with Gasteiger partial charge in [-0.1, -0.05) is 12.1 Å². The van der Waals surface area contributed by atoms with Crippen LogP contribution >= 0.6 is 0 Å². The minimum absolute atomic E-state index is 0.0213. The van der Waals surface area contributed by atoms with E-state index < -0.39 is 12.5 Å². The Balaban J connectivity index is 1.74. The van der Waals surface area contributed by atoms with Gasteiger partial charge in [-0.25, -0.2) is 0 Å². The third-order valence-corrected chi connectivity index (χ3v) is 4.23. The topological polar surface area (TPSA) is 80.6 Å². The number of hydrogen-bond donors (Lipinski definition) is 1. The van der Waals surface area contributed by atoms with Crippen LogP contribution in [0.1, 0.15) is 5.56 Å². The van der Waals surface area contributed by atoms with E-state index in [4.69, 9.17) is 14.7 Å². The average molecular weight is 424 g/mol. The highest BCUT2D eigenvalue weighted by atomic mass is 19.3. The molecule has 3 aromatic carbocycles. The second-order valence-corrected chi connectivity index (χ2v) is 6.29. The SMILES string of the molecule is COc1ccc(-c2cc(NC(=O)COc3ccc(C#N)cc3)ccc2OC(F)F)cc1. The molecule has 0 saturated carbocycles. The summed E-state index contributed by atoms with van der Waals surface area (Å²) in [6, 6.07) is 19.5. The van der Waals surface area contributed by atoms with Gasteiger partial charge in [-0.05, 0) is 60.2 Å². The van der Waals surface area contributed by atoms with Gasteiger partial charge in [0.2, 0.25) is 0 Å². The summed E-state index contributed by atoms with van der Waals surface area (Å²) in [5, 5.41) is 11.5. The van der Waals surface area contributed by atoms with E-state index >= 15 is 0 Å². The van der Waals surface area contributed by atoms with Gasteiger partial charge >= 0.3 is 6.61 Å². The number of methoxy groups -OCH3 is 1. The van der Waals surface area contributed by atoms with E-state index in [1.807, 2.05) is 6.07 Å². The maximum atomic E-state index is 12.8. The molecule has 31 heavy (non-hydrogen) atoms. The van der Waals surface area contributed by atoms with Gasteiger partial charge in [0.25, 0.3) is 5.91 Å². The molecule has 0 aliphatic heterocycles. The van der Waals surface area contributed by atoms with Crippen LogP contribution < -0.4 is 19.5 Å². The van der Waals surface area contributed by atoms with E-state index in [0.717, 1.165) is 0 Å². The van der Waals surface area contributed by atoms with E-state index in [1.165, 1.54) is 19.2 Å². The molecule has 1 amide bonds. The van der Waals surface area contributed by atoms with E-state index in [0.29, 0.717) is 33.9 Å². The molecule has 0 bridgehead atoms. The zero-order chi connectivity index (χ0) is 22.2. The zero-order valence-electron chi connectivity index (χ0n) is 16.5. The van der Waals surface area contributed by atoms with E-state index in [-0.39, 0.29) is 12.4 Å². The first-order valence-corrected chi connectivity index (χ1v) is 9.14. The third-order valence-electron chi connectivity index (χ3n) is 4.23. The Kier molecular flexibility index (Phi) is 7.01. The first kappa shape index (κ1) is 21.6. The van der Waals surface area contributed by atoms with Crippen molar-refractivity contribution in [2.75, 3.05) is 19.0 Å². The molecule has 0 spiro atoms. The number of hydrogen-bond acceptors (Lipinski definition) is 5. The Morgan fingerprint density at radius 2 is 1.71 bits per heavy atom. The van der Waals surface area contributed by atoms with Crippen molar-refractivity contribution in [3.8, 4) is 34.4 Å². The highest BCUT2D eigenvalue weighted by Gasteiger charge is 2.14. The Morgan fingerprint density at radius 3 is 2.32 bits per heavy atom. The van der Waals surface area contributed by atoms with E-state index in [2.05, 4.69) is 10.1 Å². The Hall–Kier alpha value is -4.12. The molecule has 6 nitrogen and oxygen atoms in total. The predicted molar refractivity (Wildman–Crippen MR) is 110 cm³/mol. The number of alkyl halides is 2. The molecule has 8 heteroatoms. The van der Waals surface area contributed by atoms with Crippen molar-refractivity contribution in [2.45, 2.75) is 6.61 Å². The highest BCUT2D eigenvalue weighted by molar-refractivity contribution is 5.93. The van der Waals surface area contributed by atoms with Gasteiger partial charge in [0.15, 0.2) is 6.61 Å². The van der Waals surface area contributed by atoms with E-state index in [9.17, 15) is 13.6 Å². The summed E-state index contributed by atoms with van der Waals surface area (Å²) in [6.45, 7) is -3.25. The van der Waals surface area contributed by atoms with Gasteiger partial charge in [0, 0.05) is 11.3 Å². The molecule has 0 aromatic heterocycles. The average Bonchev–Trinajstić information content (AvgIpc) is 2.79. The van der Waals surface area contributed by atoms with Gasteiger partial charge in [0.05, 0.1) is 18.7 Å². The number of carbonyl (C=O) groups is 1. The second-order valence-electron chi connectivity index (χ2n) is 6.29. The van der Waals surface area contributed by atoms with Crippen LogP contribution in [0.2, 0.25) is 0 Å². The van der Waals surface area contributed by atoms with Gasteiger partial charge < -0.3 is 19.5 Å². The fraction of sp³-hybridized carbons (Fsp3) is 0.130. The Morgan fingerprint density at radius 1 is 1.03 bits per heavy atom. The van der Waals surface area contributed by atoms with Gasteiger partial charge in [-0.15, -0.1) is 0 Å². The standard InChI is InChI=1S/C23H18F2N2O4/c1-29-18-9-4-16(5-10-18)20-12-17(6-11-21(20)31-23(24)25)27-22(28)14-30-19-7-2-15(13-26)3-8-19/h2-12,23H,14H2,1H3,(H,27,28). The molecule has 158 valence electrons. The second kappa shape index (κ2) is 10.1. The number of benzene rings is 3. The van der Waals surface area contributed by atoms with Crippen molar-refractivity contribution < 1.29 is 27.8 Å². The molecule has 0 heterocycles. The molecule has 0 radical (unpaired) electrons. The summed E-state index contributed by atoms with van der Waals surface area (Å²) >= 11 is 0. The quantitative estimate of drug-likeness (QED) is 0.559. The van der Waals surface area contributed by atoms with Crippen molar-refractivity contribution in [3.63, 3.8) is 0 Å². The number of carbonyl (C=O) groups excluding carboxylic acids is 1. The smallest absolute Gasteiger partial charge is 0.387 e. The minimum Gasteiger partial charge on any atom is -0.497 e.